The Balaban J connectivity index is 2.29. The molecule has 5 heteroatoms. The lowest BCUT2D eigenvalue weighted by molar-refractivity contribution is 0.0382. The molecule has 1 aliphatic rings. The number of nitrogens with one attached hydrogen (secondary N) is 2. The van der Waals surface area contributed by atoms with Crippen LogP contribution in [0.1, 0.15) is 13.3 Å². The van der Waals surface area contributed by atoms with Gasteiger partial charge in [-0.2, -0.15) is 0 Å². The van der Waals surface area contributed by atoms with Gasteiger partial charge in [-0.3, -0.25) is 4.84 Å². The predicted octanol–water partition coefficient (Wildman–Crippen LogP) is 0.272. The highest BCUT2D eigenvalue weighted by atomic mass is 16.6. The lowest BCUT2D eigenvalue weighted by Gasteiger charge is -2.29. The van der Waals surface area contributed by atoms with Gasteiger partial charge in [-0.05, 0) is 12.3 Å². The normalized spacial score (nSPS) is 28.2. The standard InChI is InChI=1S/C8H16N2O3/c1-6-5-13-4-3-7(6)9-8(11)10-12-2/h6-7H,3-5H2,1-2H3,(H2,9,10,11). The highest BCUT2D eigenvalue weighted by molar-refractivity contribution is 5.73. The van der Waals surface area contributed by atoms with Gasteiger partial charge in [-0.1, -0.05) is 6.92 Å². The highest BCUT2D eigenvalue weighted by Gasteiger charge is 2.23. The monoisotopic (exact) mass is 188 g/mol. The Kier molecular flexibility index (Phi) is 3.98. The minimum absolute atomic E-state index is 0.184. The molecular weight excluding hydrogens is 172 g/mol. The van der Waals surface area contributed by atoms with Crippen molar-refractivity contribution >= 4 is 6.03 Å². The molecule has 76 valence electrons. The third-order valence-electron chi connectivity index (χ3n) is 2.15. The molecule has 1 fully saturated rings. The topological polar surface area (TPSA) is 59.6 Å². The van der Waals surface area contributed by atoms with Crippen molar-refractivity contribution in [3.8, 4) is 0 Å². The molecule has 0 aromatic heterocycles. The molecule has 0 radical (unpaired) electrons. The first-order chi connectivity index (χ1) is 6.24. The summed E-state index contributed by atoms with van der Waals surface area (Å²) in [5.74, 6) is 0.358. The number of ether oxygens (including phenoxy) is 1. The number of carbonyl (C=O) groups is 1. The first-order valence-corrected chi connectivity index (χ1v) is 4.41. The molecule has 13 heavy (non-hydrogen) atoms. The molecule has 1 rings (SSSR count). The summed E-state index contributed by atoms with van der Waals surface area (Å²) in [6.07, 6.45) is 0.859. The van der Waals surface area contributed by atoms with Crippen molar-refractivity contribution in [3.05, 3.63) is 0 Å². The van der Waals surface area contributed by atoms with E-state index >= 15 is 0 Å². The fourth-order valence-corrected chi connectivity index (χ4v) is 1.39. The van der Waals surface area contributed by atoms with Crippen LogP contribution in [0, 0.1) is 5.92 Å². The number of rotatable bonds is 2. The molecule has 0 aromatic carbocycles. The number of hydrogen-bond donors (Lipinski definition) is 2. The molecule has 0 aliphatic carbocycles. The van der Waals surface area contributed by atoms with E-state index in [-0.39, 0.29) is 12.1 Å². The summed E-state index contributed by atoms with van der Waals surface area (Å²) in [6, 6.07) is -0.106. The van der Waals surface area contributed by atoms with Crippen molar-refractivity contribution in [2.24, 2.45) is 5.92 Å². The van der Waals surface area contributed by atoms with Crippen molar-refractivity contribution in [3.63, 3.8) is 0 Å². The Bertz CT molecular complexity index is 175. The van der Waals surface area contributed by atoms with Crippen LogP contribution in [-0.2, 0) is 9.57 Å². The summed E-state index contributed by atoms with van der Waals surface area (Å²) in [5.41, 5.74) is 2.22. The van der Waals surface area contributed by atoms with Crippen LogP contribution in [0.15, 0.2) is 0 Å². The number of hydroxylamine groups is 1. The van der Waals surface area contributed by atoms with Crippen LogP contribution in [0.5, 0.6) is 0 Å². The molecule has 2 atom stereocenters. The van der Waals surface area contributed by atoms with Crippen LogP contribution in [0.25, 0.3) is 0 Å². The van der Waals surface area contributed by atoms with E-state index in [1.165, 1.54) is 7.11 Å². The molecule has 1 heterocycles. The molecule has 2 N–H and O–H groups in total. The molecule has 1 aliphatic heterocycles. The molecule has 0 bridgehead atoms. The molecule has 1 saturated heterocycles. The minimum atomic E-state index is -0.291. The number of urea groups is 1. The highest BCUT2D eigenvalue weighted by Crippen LogP contribution is 2.13. The molecule has 0 aromatic rings. The lowest BCUT2D eigenvalue weighted by Crippen LogP contribution is -2.48. The van der Waals surface area contributed by atoms with Crippen molar-refractivity contribution in [2.75, 3.05) is 20.3 Å². The predicted molar refractivity (Wildman–Crippen MR) is 47.1 cm³/mol. The zero-order valence-electron chi connectivity index (χ0n) is 8.00. The number of amides is 2. The molecule has 0 spiro atoms. The van der Waals surface area contributed by atoms with Crippen molar-refractivity contribution in [1.82, 2.24) is 10.8 Å². The van der Waals surface area contributed by atoms with Gasteiger partial charge in [0.1, 0.15) is 0 Å². The van der Waals surface area contributed by atoms with E-state index in [0.29, 0.717) is 19.1 Å². The number of hydrogen-bond acceptors (Lipinski definition) is 3. The SMILES string of the molecule is CONC(=O)NC1CCOCC1C. The largest absolute Gasteiger partial charge is 0.381 e. The van der Waals surface area contributed by atoms with Crippen molar-refractivity contribution < 1.29 is 14.4 Å². The molecular formula is C8H16N2O3. The van der Waals surface area contributed by atoms with E-state index in [0.717, 1.165) is 6.42 Å². The first kappa shape index (κ1) is 10.3. The van der Waals surface area contributed by atoms with Crippen LogP contribution in [0.4, 0.5) is 4.79 Å². The van der Waals surface area contributed by atoms with Gasteiger partial charge in [0.25, 0.3) is 0 Å². The van der Waals surface area contributed by atoms with Gasteiger partial charge in [0.15, 0.2) is 0 Å². The average Bonchev–Trinajstić information content (AvgIpc) is 2.09. The Hall–Kier alpha value is -0.810. The van der Waals surface area contributed by atoms with Crippen LogP contribution in [0.2, 0.25) is 0 Å². The third kappa shape index (κ3) is 3.20. The van der Waals surface area contributed by atoms with Crippen LogP contribution in [0.3, 0.4) is 0 Å². The van der Waals surface area contributed by atoms with Gasteiger partial charge in [0, 0.05) is 12.6 Å². The Labute approximate surface area is 77.7 Å². The second kappa shape index (κ2) is 5.04. The minimum Gasteiger partial charge on any atom is -0.381 e. The second-order valence-electron chi connectivity index (χ2n) is 3.23. The van der Waals surface area contributed by atoms with Gasteiger partial charge in [-0.25, -0.2) is 10.3 Å². The van der Waals surface area contributed by atoms with Crippen LogP contribution >= 0.6 is 0 Å². The van der Waals surface area contributed by atoms with E-state index in [4.69, 9.17) is 4.74 Å². The van der Waals surface area contributed by atoms with E-state index in [2.05, 4.69) is 22.6 Å². The van der Waals surface area contributed by atoms with Crippen molar-refractivity contribution in [1.29, 1.82) is 0 Å². The van der Waals surface area contributed by atoms with Gasteiger partial charge >= 0.3 is 6.03 Å². The summed E-state index contributed by atoms with van der Waals surface area (Å²) in [5, 5.41) is 2.81. The molecule has 2 unspecified atom stereocenters. The van der Waals surface area contributed by atoms with E-state index in [1.54, 1.807) is 0 Å². The zero-order chi connectivity index (χ0) is 9.68. The van der Waals surface area contributed by atoms with Gasteiger partial charge in [0.05, 0.1) is 13.7 Å². The summed E-state index contributed by atoms with van der Waals surface area (Å²) in [7, 11) is 1.41. The average molecular weight is 188 g/mol. The van der Waals surface area contributed by atoms with E-state index in [9.17, 15) is 4.79 Å². The Morgan fingerprint density at radius 1 is 1.62 bits per heavy atom. The first-order valence-electron chi connectivity index (χ1n) is 4.41. The van der Waals surface area contributed by atoms with E-state index < -0.39 is 0 Å². The molecule has 5 nitrogen and oxygen atoms in total. The quantitative estimate of drug-likeness (QED) is 0.611. The molecule has 0 saturated carbocycles. The fourth-order valence-electron chi connectivity index (χ4n) is 1.39. The second-order valence-corrected chi connectivity index (χ2v) is 3.23. The van der Waals surface area contributed by atoms with Gasteiger partial charge in [0.2, 0.25) is 0 Å². The molecule has 2 amide bonds. The van der Waals surface area contributed by atoms with Gasteiger partial charge in [-0.15, -0.1) is 0 Å². The lowest BCUT2D eigenvalue weighted by atomic mass is 9.98. The number of carbonyl (C=O) groups excluding carboxylic acids is 1. The fraction of sp³-hybridized carbons (Fsp3) is 0.875. The third-order valence-corrected chi connectivity index (χ3v) is 2.15. The maximum atomic E-state index is 11.1. The van der Waals surface area contributed by atoms with Gasteiger partial charge < -0.3 is 10.1 Å². The van der Waals surface area contributed by atoms with Crippen molar-refractivity contribution in [2.45, 2.75) is 19.4 Å². The summed E-state index contributed by atoms with van der Waals surface area (Å²) in [6.45, 7) is 3.47. The van der Waals surface area contributed by atoms with Crippen LogP contribution < -0.4 is 10.8 Å². The summed E-state index contributed by atoms with van der Waals surface area (Å²) < 4.78 is 5.25. The Morgan fingerprint density at radius 3 is 3.00 bits per heavy atom. The maximum Gasteiger partial charge on any atom is 0.338 e. The van der Waals surface area contributed by atoms with E-state index in [1.807, 2.05) is 0 Å². The Morgan fingerprint density at radius 2 is 2.38 bits per heavy atom. The summed E-state index contributed by atoms with van der Waals surface area (Å²) >= 11 is 0. The summed E-state index contributed by atoms with van der Waals surface area (Å²) in [4.78, 5) is 15.6. The smallest absolute Gasteiger partial charge is 0.338 e. The van der Waals surface area contributed by atoms with Crippen LogP contribution in [-0.4, -0.2) is 32.4 Å². The maximum absolute atomic E-state index is 11.1. The zero-order valence-corrected chi connectivity index (χ0v) is 8.00.